The van der Waals surface area contributed by atoms with Crippen LogP contribution in [0.3, 0.4) is 0 Å². The van der Waals surface area contributed by atoms with Crippen molar-refractivity contribution in [3.63, 3.8) is 0 Å². The Morgan fingerprint density at radius 1 is 1.14 bits per heavy atom. The summed E-state index contributed by atoms with van der Waals surface area (Å²) in [5.41, 5.74) is 0.00673. The molecule has 0 aliphatic carbocycles. The van der Waals surface area contributed by atoms with Gasteiger partial charge >= 0.3 is 11.7 Å². The number of aromatic amines is 1. The van der Waals surface area contributed by atoms with Gasteiger partial charge in [0.2, 0.25) is 0 Å². The van der Waals surface area contributed by atoms with Gasteiger partial charge in [-0.1, -0.05) is 53.5 Å². The van der Waals surface area contributed by atoms with E-state index in [-0.39, 0.29) is 22.3 Å². The number of rotatable bonds is 6. The molecule has 1 N–H and O–H groups in total. The van der Waals surface area contributed by atoms with Crippen molar-refractivity contribution in [1.82, 2.24) is 19.7 Å². The minimum absolute atomic E-state index is 0.237. The van der Waals surface area contributed by atoms with Crippen LogP contribution < -0.4 is 11.2 Å². The fourth-order valence-electron chi connectivity index (χ4n) is 3.64. The second-order valence-electron chi connectivity index (χ2n) is 8.04. The maximum Gasteiger partial charge on any atom is 0.350 e. The van der Waals surface area contributed by atoms with E-state index in [1.54, 1.807) is 6.92 Å². The van der Waals surface area contributed by atoms with Crippen LogP contribution in [0.4, 0.5) is 0 Å². The number of carbonyl (C=O) groups is 1. The lowest BCUT2D eigenvalue weighted by Gasteiger charge is -2.25. The van der Waals surface area contributed by atoms with E-state index in [1.165, 1.54) is 23.5 Å². The number of hydrogen-bond acceptors (Lipinski definition) is 7. The van der Waals surface area contributed by atoms with Gasteiger partial charge in [0.15, 0.2) is 0 Å². The zero-order chi connectivity index (χ0) is 25.3. The molecule has 0 saturated heterocycles. The lowest BCUT2D eigenvalue weighted by Crippen LogP contribution is -2.30. The van der Waals surface area contributed by atoms with E-state index in [0.29, 0.717) is 21.1 Å². The van der Waals surface area contributed by atoms with Crippen LogP contribution in [0.1, 0.15) is 41.0 Å². The molecule has 0 bridgehead atoms. The predicted octanol–water partition coefficient (Wildman–Crippen LogP) is 4.85. The number of halogens is 2. The molecule has 11 heteroatoms. The first-order valence-electron chi connectivity index (χ1n) is 10.6. The molecule has 2 heterocycles. The molecule has 8 nitrogen and oxygen atoms in total. The summed E-state index contributed by atoms with van der Waals surface area (Å²) in [4.78, 5) is 43.6. The first-order chi connectivity index (χ1) is 16.6. The third-order valence-corrected chi connectivity index (χ3v) is 7.23. The molecule has 4 rings (SSSR count). The monoisotopic (exact) mass is 530 g/mol. The van der Waals surface area contributed by atoms with Gasteiger partial charge in [0.25, 0.3) is 5.56 Å². The number of hydrogen-bond donors (Lipinski definition) is 1. The quantitative estimate of drug-likeness (QED) is 0.357. The molecule has 2 aromatic heterocycles. The van der Waals surface area contributed by atoms with Crippen LogP contribution in [0.25, 0.3) is 16.9 Å². The van der Waals surface area contributed by atoms with Crippen LogP contribution in [0.5, 0.6) is 0 Å². The van der Waals surface area contributed by atoms with Crippen LogP contribution in [0.15, 0.2) is 58.3 Å². The molecule has 0 aliphatic heterocycles. The Kier molecular flexibility index (Phi) is 6.93. The van der Waals surface area contributed by atoms with Crippen molar-refractivity contribution in [1.29, 1.82) is 0 Å². The van der Waals surface area contributed by atoms with Gasteiger partial charge in [-0.2, -0.15) is 9.78 Å². The largest absolute Gasteiger partial charge is 0.462 e. The van der Waals surface area contributed by atoms with Crippen molar-refractivity contribution in [2.75, 3.05) is 6.61 Å². The minimum atomic E-state index is -0.810. The summed E-state index contributed by atoms with van der Waals surface area (Å²) >= 11 is 14.5. The van der Waals surface area contributed by atoms with E-state index < -0.39 is 22.6 Å². The van der Waals surface area contributed by atoms with E-state index in [4.69, 9.17) is 32.9 Å². The first kappa shape index (κ1) is 24.8. The Morgan fingerprint density at radius 3 is 2.40 bits per heavy atom. The van der Waals surface area contributed by atoms with Crippen LogP contribution in [-0.2, 0) is 10.2 Å². The normalized spacial score (nSPS) is 11.5. The predicted molar refractivity (Wildman–Crippen MR) is 136 cm³/mol. The van der Waals surface area contributed by atoms with E-state index >= 15 is 0 Å². The van der Waals surface area contributed by atoms with Gasteiger partial charge < -0.3 is 4.74 Å². The maximum atomic E-state index is 12.7. The van der Waals surface area contributed by atoms with E-state index in [2.05, 4.69) is 10.1 Å². The lowest BCUT2D eigenvalue weighted by molar-refractivity contribution is 0.0532. The maximum absolute atomic E-state index is 12.7. The van der Waals surface area contributed by atoms with Gasteiger partial charge in [0, 0.05) is 26.6 Å². The molecule has 0 aliphatic rings. The summed E-state index contributed by atoms with van der Waals surface area (Å²) in [6.45, 7) is 5.77. The molecule has 4 aromatic rings. The summed E-state index contributed by atoms with van der Waals surface area (Å²) in [6, 6.07) is 12.4. The van der Waals surface area contributed by atoms with Crippen molar-refractivity contribution < 1.29 is 9.53 Å². The molecule has 2 aromatic carbocycles. The van der Waals surface area contributed by atoms with E-state index in [1.807, 2.05) is 44.2 Å². The molecular weight excluding hydrogens is 511 g/mol. The van der Waals surface area contributed by atoms with Crippen molar-refractivity contribution in [3.8, 4) is 16.9 Å². The molecular formula is C24H20Cl2N4O4S. The van der Waals surface area contributed by atoms with Gasteiger partial charge in [-0.05, 0) is 32.9 Å². The molecule has 180 valence electrons. The van der Waals surface area contributed by atoms with Crippen LogP contribution in [0.2, 0.25) is 10.0 Å². The second kappa shape index (κ2) is 9.77. The molecule has 35 heavy (non-hydrogen) atoms. The average Bonchev–Trinajstić information content (AvgIpc) is 3.26. The number of thiazole rings is 1. The summed E-state index contributed by atoms with van der Waals surface area (Å²) in [6.07, 6.45) is 0.985. The summed E-state index contributed by atoms with van der Waals surface area (Å²) in [5, 5.41) is 4.99. The Hall–Kier alpha value is -3.27. The number of benzene rings is 2. The Morgan fingerprint density at radius 2 is 1.80 bits per heavy atom. The number of nitrogens with one attached hydrogen (secondary N) is 1. The summed E-state index contributed by atoms with van der Waals surface area (Å²) < 4.78 is 6.26. The smallest absolute Gasteiger partial charge is 0.350 e. The van der Waals surface area contributed by atoms with E-state index in [9.17, 15) is 14.4 Å². The highest BCUT2D eigenvalue weighted by molar-refractivity contribution is 7.14. The summed E-state index contributed by atoms with van der Waals surface area (Å²) in [5.74, 6) is -0.457. The molecule has 0 fully saturated rings. The molecule has 0 spiro atoms. The fraction of sp³-hybridized carbons (Fsp3) is 0.208. The van der Waals surface area contributed by atoms with Crippen molar-refractivity contribution in [3.05, 3.63) is 95.0 Å². The zero-order valence-electron chi connectivity index (χ0n) is 19.0. The zero-order valence-corrected chi connectivity index (χ0v) is 21.3. The highest BCUT2D eigenvalue weighted by Gasteiger charge is 2.34. The molecule has 0 atom stereocenters. The molecule has 0 radical (unpaired) electrons. The van der Waals surface area contributed by atoms with Gasteiger partial charge in [-0.25, -0.2) is 14.6 Å². The van der Waals surface area contributed by atoms with Gasteiger partial charge in [0.05, 0.1) is 18.0 Å². The Bertz CT molecular complexity index is 1500. The number of ether oxygens (including phenoxy) is 1. The van der Waals surface area contributed by atoms with Gasteiger partial charge in [0.1, 0.15) is 16.1 Å². The molecule has 0 amide bonds. The average molecular weight is 531 g/mol. The van der Waals surface area contributed by atoms with Crippen molar-refractivity contribution >= 4 is 40.5 Å². The fourth-order valence-corrected chi connectivity index (χ4v) is 5.68. The first-order valence-corrected chi connectivity index (χ1v) is 12.1. The van der Waals surface area contributed by atoms with Crippen LogP contribution in [-0.4, -0.2) is 32.3 Å². The number of carbonyl (C=O) groups excluding carboxylic acids is 1. The topological polar surface area (TPSA) is 107 Å². The number of nitrogens with zero attached hydrogens (tertiary/aromatic N) is 3. The molecule has 0 saturated carbocycles. The minimum Gasteiger partial charge on any atom is -0.462 e. The van der Waals surface area contributed by atoms with E-state index in [0.717, 1.165) is 16.4 Å². The second-order valence-corrected chi connectivity index (χ2v) is 9.86. The SMILES string of the molecule is CCOC(=O)c1sc(C(C)(C)c2c(Cl)cc(-n3ncc(=O)[nH]c3=O)cc2Cl)nc1-c1ccccc1. The molecule has 0 unspecified atom stereocenters. The number of H-pyrrole nitrogens is 1. The van der Waals surface area contributed by atoms with Gasteiger partial charge in [-0.3, -0.25) is 9.78 Å². The standard InChI is InChI=1S/C24H20Cl2N4O4S/c1-4-34-21(32)20-19(13-8-6-5-7-9-13)29-22(35-20)24(2,3)18-15(25)10-14(11-16(18)26)30-23(33)28-17(31)12-27-30/h5-12H,4H2,1-3H3,(H,28,31,33). The van der Waals surface area contributed by atoms with Crippen LogP contribution >= 0.6 is 34.5 Å². The number of aromatic nitrogens is 4. The lowest BCUT2D eigenvalue weighted by atomic mass is 9.85. The summed E-state index contributed by atoms with van der Waals surface area (Å²) in [7, 11) is 0. The highest BCUT2D eigenvalue weighted by atomic mass is 35.5. The third kappa shape index (κ3) is 4.80. The van der Waals surface area contributed by atoms with Gasteiger partial charge in [-0.15, -0.1) is 11.3 Å². The highest BCUT2D eigenvalue weighted by Crippen LogP contribution is 2.44. The third-order valence-electron chi connectivity index (χ3n) is 5.28. The van der Waals surface area contributed by atoms with Crippen LogP contribution in [0, 0.1) is 0 Å². The number of esters is 1. The Balaban J connectivity index is 1.84. The van der Waals surface area contributed by atoms with Crippen molar-refractivity contribution in [2.24, 2.45) is 0 Å². The van der Waals surface area contributed by atoms with Crippen molar-refractivity contribution in [2.45, 2.75) is 26.2 Å². The Labute approximate surface area is 214 Å².